The summed E-state index contributed by atoms with van der Waals surface area (Å²) in [6, 6.07) is 5.65. The highest BCUT2D eigenvalue weighted by Crippen LogP contribution is 2.33. The number of carbonyl (C=O) groups excluding carboxylic acids is 4. The smallest absolute Gasteiger partial charge is 0.319 e. The van der Waals surface area contributed by atoms with E-state index < -0.39 is 18.0 Å². The summed E-state index contributed by atoms with van der Waals surface area (Å²) in [5.41, 5.74) is 2.00. The predicted molar refractivity (Wildman–Crippen MR) is 109 cm³/mol. The molecular weight excluding hydrogens is 408 g/mol. The van der Waals surface area contributed by atoms with Gasteiger partial charge in [-0.1, -0.05) is 6.07 Å². The fourth-order valence-electron chi connectivity index (χ4n) is 3.52. The summed E-state index contributed by atoms with van der Waals surface area (Å²) in [5, 5.41) is 17.4. The minimum absolute atomic E-state index is 0.0987. The second kappa shape index (κ2) is 7.79. The highest BCUT2D eigenvalue weighted by molar-refractivity contribution is 7.14. The van der Waals surface area contributed by atoms with Crippen LogP contribution < -0.4 is 16.0 Å². The summed E-state index contributed by atoms with van der Waals surface area (Å²) in [6.45, 7) is 2.32. The van der Waals surface area contributed by atoms with Crippen molar-refractivity contribution in [1.29, 1.82) is 0 Å². The van der Waals surface area contributed by atoms with Crippen LogP contribution >= 0.6 is 11.3 Å². The van der Waals surface area contributed by atoms with E-state index in [0.717, 1.165) is 10.4 Å². The van der Waals surface area contributed by atoms with E-state index in [1.807, 2.05) is 6.07 Å². The summed E-state index contributed by atoms with van der Waals surface area (Å²) in [5.74, 6) is -0.877. The third kappa shape index (κ3) is 3.86. The number of phenols is 1. The minimum atomic E-state index is -0.631. The zero-order valence-corrected chi connectivity index (χ0v) is 17.0. The van der Waals surface area contributed by atoms with Gasteiger partial charge in [0, 0.05) is 29.6 Å². The lowest BCUT2D eigenvalue weighted by Gasteiger charge is -2.29. The Kier molecular flexibility index (Phi) is 5.17. The van der Waals surface area contributed by atoms with Gasteiger partial charge in [0.05, 0.1) is 11.4 Å². The van der Waals surface area contributed by atoms with Gasteiger partial charge in [0.2, 0.25) is 11.8 Å². The Morgan fingerprint density at radius 2 is 2.10 bits per heavy atom. The van der Waals surface area contributed by atoms with Gasteiger partial charge in [-0.2, -0.15) is 0 Å². The lowest BCUT2D eigenvalue weighted by molar-refractivity contribution is -0.136. The molecule has 9 nitrogen and oxygen atoms in total. The van der Waals surface area contributed by atoms with Crippen molar-refractivity contribution in [3.05, 3.63) is 45.1 Å². The largest absolute Gasteiger partial charge is 0.508 e. The number of urea groups is 1. The minimum Gasteiger partial charge on any atom is -0.508 e. The van der Waals surface area contributed by atoms with Crippen LogP contribution in [0.4, 0.5) is 10.5 Å². The number of rotatable bonds is 4. The first-order valence-electron chi connectivity index (χ1n) is 9.42. The number of aromatic hydroxyl groups is 1. The van der Waals surface area contributed by atoms with Gasteiger partial charge in [-0.05, 0) is 36.6 Å². The SMILES string of the molecule is Cc1ccc(NC(=O)NCc2cc3c(s2)C(=O)N(C2CCC(=O)NC2=O)C3)cc1O. The molecule has 2 aromatic rings. The maximum absolute atomic E-state index is 12.7. The molecule has 5 amide bonds. The Labute approximate surface area is 176 Å². The molecule has 2 aliphatic rings. The zero-order valence-electron chi connectivity index (χ0n) is 16.2. The highest BCUT2D eigenvalue weighted by atomic mass is 32.1. The monoisotopic (exact) mass is 428 g/mol. The molecule has 0 aliphatic carbocycles. The van der Waals surface area contributed by atoms with Gasteiger partial charge in [0.25, 0.3) is 5.91 Å². The molecule has 1 unspecified atom stereocenters. The second-order valence-corrected chi connectivity index (χ2v) is 8.41. The molecule has 4 N–H and O–H groups in total. The number of nitrogens with zero attached hydrogens (tertiary/aromatic N) is 1. The molecule has 1 aromatic carbocycles. The number of benzene rings is 1. The zero-order chi connectivity index (χ0) is 21.4. The molecule has 1 atom stereocenters. The average molecular weight is 428 g/mol. The molecule has 3 heterocycles. The molecule has 156 valence electrons. The number of hydrogen-bond acceptors (Lipinski definition) is 6. The van der Waals surface area contributed by atoms with Crippen molar-refractivity contribution in [3.8, 4) is 5.75 Å². The van der Waals surface area contributed by atoms with Gasteiger partial charge in [0.15, 0.2) is 0 Å². The summed E-state index contributed by atoms with van der Waals surface area (Å²) >= 11 is 1.28. The fourth-order valence-corrected chi connectivity index (χ4v) is 4.59. The first-order chi connectivity index (χ1) is 14.3. The lowest BCUT2D eigenvalue weighted by Crippen LogP contribution is -2.52. The van der Waals surface area contributed by atoms with E-state index in [1.54, 1.807) is 19.1 Å². The summed E-state index contributed by atoms with van der Waals surface area (Å²) < 4.78 is 0. The van der Waals surface area contributed by atoms with Gasteiger partial charge in [-0.25, -0.2) is 4.79 Å². The average Bonchev–Trinajstić information content (AvgIpc) is 3.22. The van der Waals surface area contributed by atoms with Crippen LogP contribution in [0.3, 0.4) is 0 Å². The van der Waals surface area contributed by atoms with Crippen molar-refractivity contribution in [2.75, 3.05) is 5.32 Å². The lowest BCUT2D eigenvalue weighted by atomic mass is 10.0. The Morgan fingerprint density at radius 1 is 1.30 bits per heavy atom. The first kappa shape index (κ1) is 19.9. The van der Waals surface area contributed by atoms with Crippen LogP contribution in [0.2, 0.25) is 0 Å². The summed E-state index contributed by atoms with van der Waals surface area (Å²) in [7, 11) is 0. The van der Waals surface area contributed by atoms with Crippen LogP contribution in [0, 0.1) is 6.92 Å². The molecule has 1 fully saturated rings. The van der Waals surface area contributed by atoms with Gasteiger partial charge in [0.1, 0.15) is 11.8 Å². The van der Waals surface area contributed by atoms with Gasteiger partial charge >= 0.3 is 6.03 Å². The maximum Gasteiger partial charge on any atom is 0.319 e. The summed E-state index contributed by atoms with van der Waals surface area (Å²) in [4.78, 5) is 51.1. The third-order valence-corrected chi connectivity index (χ3v) is 6.30. The van der Waals surface area contributed by atoms with E-state index in [0.29, 0.717) is 29.1 Å². The number of thiophene rings is 1. The van der Waals surface area contributed by atoms with Crippen molar-refractivity contribution in [2.24, 2.45) is 0 Å². The van der Waals surface area contributed by atoms with Crippen molar-refractivity contribution in [1.82, 2.24) is 15.5 Å². The molecule has 2 aliphatic heterocycles. The number of fused-ring (bicyclic) bond motifs is 1. The van der Waals surface area contributed by atoms with Crippen LogP contribution in [0.15, 0.2) is 24.3 Å². The topological polar surface area (TPSA) is 128 Å². The molecule has 4 rings (SSSR count). The fraction of sp³-hybridized carbons (Fsp3) is 0.300. The van der Waals surface area contributed by atoms with Crippen molar-refractivity contribution < 1.29 is 24.3 Å². The van der Waals surface area contributed by atoms with Gasteiger partial charge in [-0.3, -0.25) is 19.7 Å². The first-order valence-corrected chi connectivity index (χ1v) is 10.2. The van der Waals surface area contributed by atoms with E-state index in [-0.39, 0.29) is 30.5 Å². The quantitative estimate of drug-likeness (QED) is 0.553. The molecule has 0 spiro atoms. The van der Waals surface area contributed by atoms with Crippen molar-refractivity contribution in [2.45, 2.75) is 38.9 Å². The van der Waals surface area contributed by atoms with Gasteiger partial charge < -0.3 is 20.6 Å². The molecule has 0 saturated carbocycles. The molecule has 1 aromatic heterocycles. The normalized spacial score (nSPS) is 18.2. The molecule has 10 heteroatoms. The molecule has 30 heavy (non-hydrogen) atoms. The Balaban J connectivity index is 1.34. The number of nitrogens with one attached hydrogen (secondary N) is 3. The number of hydrogen-bond donors (Lipinski definition) is 4. The third-order valence-electron chi connectivity index (χ3n) is 5.13. The van der Waals surface area contributed by atoms with Gasteiger partial charge in [-0.15, -0.1) is 11.3 Å². The van der Waals surface area contributed by atoms with Crippen LogP contribution in [0.5, 0.6) is 5.75 Å². The number of anilines is 1. The van der Waals surface area contributed by atoms with Crippen LogP contribution in [-0.4, -0.2) is 39.8 Å². The molecular formula is C20H20N4O5S. The van der Waals surface area contributed by atoms with E-state index in [1.165, 1.54) is 22.3 Å². The second-order valence-electron chi connectivity index (χ2n) is 7.28. The number of piperidine rings is 1. The highest BCUT2D eigenvalue weighted by Gasteiger charge is 2.40. The number of phenolic OH excluding ortho intramolecular Hbond substituents is 1. The Morgan fingerprint density at radius 3 is 2.80 bits per heavy atom. The summed E-state index contributed by atoms with van der Waals surface area (Å²) in [6.07, 6.45) is 0.547. The van der Waals surface area contributed by atoms with Crippen molar-refractivity contribution in [3.63, 3.8) is 0 Å². The molecule has 1 saturated heterocycles. The Hall–Kier alpha value is -3.40. The van der Waals surface area contributed by atoms with Crippen LogP contribution in [0.25, 0.3) is 0 Å². The number of imide groups is 1. The maximum atomic E-state index is 12.7. The molecule has 0 radical (unpaired) electrons. The van der Waals surface area contributed by atoms with Crippen LogP contribution in [0.1, 0.15) is 38.5 Å². The van der Waals surface area contributed by atoms with Crippen molar-refractivity contribution >= 4 is 40.8 Å². The van der Waals surface area contributed by atoms with E-state index >= 15 is 0 Å². The molecule has 0 bridgehead atoms. The van der Waals surface area contributed by atoms with E-state index in [2.05, 4.69) is 16.0 Å². The van der Waals surface area contributed by atoms with E-state index in [9.17, 15) is 24.3 Å². The number of carbonyl (C=O) groups is 4. The van der Waals surface area contributed by atoms with E-state index in [4.69, 9.17) is 0 Å². The standard InChI is InChI=1S/C20H20N4O5S/c1-10-2-3-12(7-15(10)25)22-20(29)21-8-13-6-11-9-24(19(28)17(11)30-13)14-4-5-16(26)23-18(14)27/h2-3,6-7,14,25H,4-5,8-9H2,1H3,(H2,21,22,29)(H,23,26,27). The number of aryl methyl sites for hydroxylation is 1. The Bertz CT molecular complexity index is 1060. The number of amides is 5. The van der Waals surface area contributed by atoms with Crippen LogP contribution in [-0.2, 0) is 22.7 Å². The predicted octanol–water partition coefficient (Wildman–Crippen LogP) is 1.84.